The Morgan fingerprint density at radius 3 is 2.46 bits per heavy atom. The molecule has 0 atom stereocenters. The van der Waals surface area contributed by atoms with E-state index in [-0.39, 0.29) is 5.56 Å². The number of H-pyrrole nitrogens is 1. The van der Waals surface area contributed by atoms with Gasteiger partial charge in [-0.05, 0) is 36.4 Å². The molecule has 2 aromatic heterocycles. The zero-order valence-corrected chi connectivity index (χ0v) is 12.5. The lowest BCUT2D eigenvalue weighted by atomic mass is 10.1. The van der Waals surface area contributed by atoms with Crippen LogP contribution in [0.2, 0.25) is 0 Å². The lowest BCUT2D eigenvalue weighted by molar-refractivity contribution is 0.0699. The first-order valence-electron chi connectivity index (χ1n) is 7.34. The van der Waals surface area contributed by atoms with Crippen LogP contribution < -0.4 is 4.74 Å². The third kappa shape index (κ3) is 2.40. The second-order valence-electron chi connectivity index (χ2n) is 5.23. The fourth-order valence-corrected chi connectivity index (χ4v) is 2.59. The van der Waals surface area contributed by atoms with Gasteiger partial charge in [-0.2, -0.15) is 0 Å². The zero-order valence-electron chi connectivity index (χ0n) is 12.5. The van der Waals surface area contributed by atoms with Crippen LogP contribution in [0.15, 0.2) is 67.0 Å². The highest BCUT2D eigenvalue weighted by atomic mass is 16.5. The van der Waals surface area contributed by atoms with Crippen molar-refractivity contribution in [3.63, 3.8) is 0 Å². The summed E-state index contributed by atoms with van der Waals surface area (Å²) in [5.41, 5.74) is 1.80. The number of nitrogens with zero attached hydrogens (tertiary/aromatic N) is 2. The van der Waals surface area contributed by atoms with Crippen LogP contribution in [-0.4, -0.2) is 25.7 Å². The summed E-state index contributed by atoms with van der Waals surface area (Å²) in [4.78, 5) is 15.7. The first-order chi connectivity index (χ1) is 11.7. The Morgan fingerprint density at radius 1 is 1.04 bits per heavy atom. The Kier molecular flexibility index (Phi) is 3.28. The number of carbonyl (C=O) groups is 1. The molecule has 2 heterocycles. The Bertz CT molecular complexity index is 1000. The summed E-state index contributed by atoms with van der Waals surface area (Å²) in [6, 6.07) is 16.7. The van der Waals surface area contributed by atoms with E-state index in [0.29, 0.717) is 17.1 Å². The zero-order chi connectivity index (χ0) is 16.5. The molecule has 6 nitrogen and oxygen atoms in total. The molecule has 4 aromatic rings. The Morgan fingerprint density at radius 2 is 1.75 bits per heavy atom. The van der Waals surface area contributed by atoms with Crippen molar-refractivity contribution in [2.45, 2.75) is 0 Å². The minimum absolute atomic E-state index is 0.150. The third-order valence-corrected chi connectivity index (χ3v) is 3.68. The fraction of sp³-hybridized carbons (Fsp3) is 0. The van der Waals surface area contributed by atoms with Gasteiger partial charge in [0, 0.05) is 18.0 Å². The first-order valence-corrected chi connectivity index (χ1v) is 7.34. The number of aromatic nitrogens is 3. The summed E-state index contributed by atoms with van der Waals surface area (Å²) < 4.78 is 7.34. The number of aromatic carboxylic acids is 1. The average molecular weight is 319 g/mol. The number of para-hydroxylation sites is 1. The highest BCUT2D eigenvalue weighted by Crippen LogP contribution is 2.28. The highest BCUT2D eigenvalue weighted by molar-refractivity contribution is 6.01. The lowest BCUT2D eigenvalue weighted by Gasteiger charge is -2.06. The molecule has 0 radical (unpaired) electrons. The number of benzene rings is 2. The van der Waals surface area contributed by atoms with E-state index in [1.165, 1.54) is 0 Å². The minimum Gasteiger partial charge on any atom is -0.477 e. The number of hydrogen-bond acceptors (Lipinski definition) is 3. The number of ether oxygens (including phenoxy) is 1. The standard InChI is InChI=1S/C18H13N3O3/c22-18(23)15-16(20-21-11-10-19-17(15)21)12-6-8-14(9-7-12)24-13-4-2-1-3-5-13/h1-11,20H,(H,22,23). The maximum absolute atomic E-state index is 11.6. The van der Waals surface area contributed by atoms with Crippen LogP contribution in [-0.2, 0) is 0 Å². The van der Waals surface area contributed by atoms with Crippen molar-refractivity contribution in [2.75, 3.05) is 0 Å². The first kappa shape index (κ1) is 14.1. The Balaban J connectivity index is 1.69. The Labute approximate surface area is 136 Å². The molecule has 0 amide bonds. The van der Waals surface area contributed by atoms with Crippen molar-refractivity contribution in [1.29, 1.82) is 0 Å². The van der Waals surface area contributed by atoms with Gasteiger partial charge in [-0.25, -0.2) is 14.3 Å². The minimum atomic E-state index is -1.02. The number of hydrogen-bond donors (Lipinski definition) is 2. The number of carboxylic acids is 1. The largest absolute Gasteiger partial charge is 0.477 e. The average Bonchev–Trinajstić information content (AvgIpc) is 3.17. The lowest BCUT2D eigenvalue weighted by Crippen LogP contribution is -1.98. The van der Waals surface area contributed by atoms with Gasteiger partial charge in [-0.15, -0.1) is 0 Å². The second kappa shape index (κ2) is 5.58. The van der Waals surface area contributed by atoms with E-state index in [9.17, 15) is 9.90 Å². The SMILES string of the molecule is O=C(O)c1c(-c2ccc(Oc3ccccc3)cc2)[nH]n2ccnc12. The van der Waals surface area contributed by atoms with Crippen LogP contribution in [0.4, 0.5) is 0 Å². The number of nitrogens with one attached hydrogen (secondary N) is 1. The van der Waals surface area contributed by atoms with Crippen LogP contribution in [0.3, 0.4) is 0 Å². The number of aromatic amines is 1. The van der Waals surface area contributed by atoms with Crippen LogP contribution in [0, 0.1) is 0 Å². The molecule has 0 spiro atoms. The van der Waals surface area contributed by atoms with Crippen LogP contribution in [0.5, 0.6) is 11.5 Å². The smallest absolute Gasteiger partial charge is 0.341 e. The maximum atomic E-state index is 11.6. The molecule has 0 saturated carbocycles. The van der Waals surface area contributed by atoms with Gasteiger partial charge in [0.2, 0.25) is 0 Å². The predicted molar refractivity (Wildman–Crippen MR) is 88.5 cm³/mol. The molecular formula is C18H13N3O3. The van der Waals surface area contributed by atoms with Gasteiger partial charge in [0.25, 0.3) is 0 Å². The summed E-state index contributed by atoms with van der Waals surface area (Å²) >= 11 is 0. The monoisotopic (exact) mass is 319 g/mol. The number of carboxylic acid groups (broad SMARTS) is 1. The molecule has 6 heteroatoms. The highest BCUT2D eigenvalue weighted by Gasteiger charge is 2.20. The molecule has 0 aliphatic heterocycles. The summed E-state index contributed by atoms with van der Waals surface area (Å²) in [5.74, 6) is 0.403. The number of imidazole rings is 1. The topological polar surface area (TPSA) is 79.6 Å². The van der Waals surface area contributed by atoms with Crippen molar-refractivity contribution < 1.29 is 14.6 Å². The molecule has 0 saturated heterocycles. The fourth-order valence-electron chi connectivity index (χ4n) is 2.59. The molecule has 0 unspecified atom stereocenters. The van der Waals surface area contributed by atoms with Gasteiger partial charge >= 0.3 is 5.97 Å². The summed E-state index contributed by atoms with van der Waals surface area (Å²) in [7, 11) is 0. The number of fused-ring (bicyclic) bond motifs is 1. The quantitative estimate of drug-likeness (QED) is 0.599. The van der Waals surface area contributed by atoms with Gasteiger partial charge in [-0.3, -0.25) is 5.10 Å². The molecule has 4 rings (SSSR count). The van der Waals surface area contributed by atoms with Crippen LogP contribution >= 0.6 is 0 Å². The molecule has 2 N–H and O–H groups in total. The van der Waals surface area contributed by atoms with E-state index < -0.39 is 5.97 Å². The van der Waals surface area contributed by atoms with E-state index in [4.69, 9.17) is 4.74 Å². The van der Waals surface area contributed by atoms with Crippen molar-refractivity contribution >= 4 is 11.6 Å². The number of rotatable bonds is 4. The van der Waals surface area contributed by atoms with Crippen molar-refractivity contribution in [3.05, 3.63) is 72.6 Å². The maximum Gasteiger partial charge on any atom is 0.341 e. The molecule has 0 fully saturated rings. The van der Waals surface area contributed by atoms with E-state index in [0.717, 1.165) is 11.3 Å². The summed E-state index contributed by atoms with van der Waals surface area (Å²) in [5, 5.41) is 12.5. The summed E-state index contributed by atoms with van der Waals surface area (Å²) in [6.07, 6.45) is 3.23. The molecular weight excluding hydrogens is 306 g/mol. The van der Waals surface area contributed by atoms with Gasteiger partial charge in [-0.1, -0.05) is 18.2 Å². The predicted octanol–water partition coefficient (Wildman–Crippen LogP) is 3.82. The molecule has 0 aliphatic rings. The molecule has 0 aliphatic carbocycles. The van der Waals surface area contributed by atoms with E-state index in [2.05, 4.69) is 10.1 Å². The van der Waals surface area contributed by atoms with E-state index in [1.807, 2.05) is 42.5 Å². The van der Waals surface area contributed by atoms with E-state index in [1.54, 1.807) is 29.0 Å². The Hall–Kier alpha value is -3.54. The summed E-state index contributed by atoms with van der Waals surface area (Å²) in [6.45, 7) is 0. The van der Waals surface area contributed by atoms with Crippen molar-refractivity contribution in [2.24, 2.45) is 0 Å². The normalized spacial score (nSPS) is 10.8. The molecule has 24 heavy (non-hydrogen) atoms. The van der Waals surface area contributed by atoms with Crippen molar-refractivity contribution in [3.8, 4) is 22.8 Å². The molecule has 0 bridgehead atoms. The molecule has 2 aromatic carbocycles. The third-order valence-electron chi connectivity index (χ3n) is 3.68. The van der Waals surface area contributed by atoms with Crippen LogP contribution in [0.25, 0.3) is 16.9 Å². The van der Waals surface area contributed by atoms with Gasteiger partial charge in [0.15, 0.2) is 5.65 Å². The molecule has 118 valence electrons. The van der Waals surface area contributed by atoms with E-state index >= 15 is 0 Å². The van der Waals surface area contributed by atoms with Gasteiger partial charge in [0.05, 0.1) is 5.69 Å². The van der Waals surface area contributed by atoms with Crippen LogP contribution in [0.1, 0.15) is 10.4 Å². The van der Waals surface area contributed by atoms with Crippen molar-refractivity contribution in [1.82, 2.24) is 14.6 Å². The van der Waals surface area contributed by atoms with Gasteiger partial charge in [0.1, 0.15) is 17.1 Å². The second-order valence-corrected chi connectivity index (χ2v) is 5.23. The van der Waals surface area contributed by atoms with Gasteiger partial charge < -0.3 is 9.84 Å².